The van der Waals surface area contributed by atoms with Crippen molar-refractivity contribution in [1.82, 2.24) is 9.55 Å². The molecule has 1 saturated heterocycles. The van der Waals surface area contributed by atoms with E-state index in [2.05, 4.69) is 4.98 Å². The minimum absolute atomic E-state index is 0.00482. The number of ether oxygens (including phenoxy) is 1. The van der Waals surface area contributed by atoms with Gasteiger partial charge in [0.25, 0.3) is 0 Å². The summed E-state index contributed by atoms with van der Waals surface area (Å²) in [5.74, 6) is 0.737. The maximum absolute atomic E-state index is 9.16. The van der Waals surface area contributed by atoms with E-state index in [1.807, 2.05) is 10.8 Å². The van der Waals surface area contributed by atoms with Crippen molar-refractivity contribution in [3.63, 3.8) is 0 Å². The van der Waals surface area contributed by atoms with Gasteiger partial charge in [-0.2, -0.15) is 0 Å². The Morgan fingerprint density at radius 1 is 1.41 bits per heavy atom. The molecule has 4 heteroatoms. The highest BCUT2D eigenvalue weighted by atomic mass is 16.5. The maximum Gasteiger partial charge on any atom is 0.134 e. The number of imidazole rings is 1. The Labute approximate surface area is 102 Å². The highest BCUT2D eigenvalue weighted by Gasteiger charge is 2.42. The van der Waals surface area contributed by atoms with Crippen molar-refractivity contribution in [2.45, 2.75) is 63.4 Å². The molecule has 2 fully saturated rings. The van der Waals surface area contributed by atoms with Crippen molar-refractivity contribution in [2.75, 3.05) is 0 Å². The predicted molar refractivity (Wildman–Crippen MR) is 63.5 cm³/mol. The van der Waals surface area contributed by atoms with Crippen LogP contribution in [0.1, 0.15) is 44.3 Å². The number of nitrogens with zero attached hydrogens (tertiary/aromatic N) is 2. The van der Waals surface area contributed by atoms with E-state index in [9.17, 15) is 0 Å². The fourth-order valence-electron chi connectivity index (χ4n) is 3.29. The van der Waals surface area contributed by atoms with E-state index in [0.717, 1.165) is 18.8 Å². The molecular weight excluding hydrogens is 216 g/mol. The molecule has 0 aromatic carbocycles. The van der Waals surface area contributed by atoms with Crippen LogP contribution in [0.5, 0.6) is 0 Å². The van der Waals surface area contributed by atoms with Crippen LogP contribution in [0, 0.1) is 0 Å². The first-order valence-corrected chi connectivity index (χ1v) is 6.60. The van der Waals surface area contributed by atoms with E-state index < -0.39 is 0 Å². The molecule has 4 nitrogen and oxygen atoms in total. The molecule has 94 valence electrons. The molecule has 2 heterocycles. The van der Waals surface area contributed by atoms with Crippen molar-refractivity contribution in [3.8, 4) is 0 Å². The first-order chi connectivity index (χ1) is 8.31. The van der Waals surface area contributed by atoms with Crippen LogP contribution < -0.4 is 0 Å². The number of aliphatic hydroxyl groups excluding tert-OH is 1. The SMILES string of the molecule is OCc1nccn1CC1CCC2(CCCC2)O1. The van der Waals surface area contributed by atoms with Crippen LogP contribution in [0.3, 0.4) is 0 Å². The fraction of sp³-hybridized carbons (Fsp3) is 0.769. The Morgan fingerprint density at radius 2 is 2.24 bits per heavy atom. The highest BCUT2D eigenvalue weighted by molar-refractivity contribution is 4.95. The lowest BCUT2D eigenvalue weighted by Crippen LogP contribution is -2.26. The molecule has 1 spiro atoms. The monoisotopic (exact) mass is 236 g/mol. The molecule has 1 aromatic rings. The predicted octanol–water partition coefficient (Wildman–Crippen LogP) is 1.87. The van der Waals surface area contributed by atoms with Gasteiger partial charge in [-0.05, 0) is 25.7 Å². The minimum Gasteiger partial charge on any atom is -0.388 e. The normalized spacial score (nSPS) is 27.0. The third-order valence-corrected chi connectivity index (χ3v) is 4.20. The van der Waals surface area contributed by atoms with Crippen LogP contribution in [-0.4, -0.2) is 26.4 Å². The standard InChI is InChI=1S/C13H20N2O2/c16-10-12-14-7-8-15(12)9-11-3-6-13(17-11)4-1-2-5-13/h7-8,11,16H,1-6,9-10H2. The smallest absolute Gasteiger partial charge is 0.134 e. The lowest BCUT2D eigenvalue weighted by atomic mass is 9.98. The first-order valence-electron chi connectivity index (χ1n) is 6.60. The van der Waals surface area contributed by atoms with Crippen LogP contribution in [0.15, 0.2) is 12.4 Å². The van der Waals surface area contributed by atoms with Gasteiger partial charge in [0, 0.05) is 12.4 Å². The summed E-state index contributed by atoms with van der Waals surface area (Å²) in [4.78, 5) is 4.12. The number of rotatable bonds is 3. The molecule has 0 bridgehead atoms. The Kier molecular flexibility index (Phi) is 2.92. The van der Waals surface area contributed by atoms with E-state index in [-0.39, 0.29) is 12.2 Å². The van der Waals surface area contributed by atoms with Gasteiger partial charge in [-0.1, -0.05) is 12.8 Å². The second-order valence-electron chi connectivity index (χ2n) is 5.32. The minimum atomic E-state index is 0.00482. The Bertz CT molecular complexity index is 383. The Morgan fingerprint density at radius 3 is 3.00 bits per heavy atom. The van der Waals surface area contributed by atoms with E-state index in [0.29, 0.717) is 6.10 Å². The number of hydrogen-bond donors (Lipinski definition) is 1. The first kappa shape index (κ1) is 11.2. The molecule has 1 atom stereocenters. The van der Waals surface area contributed by atoms with Crippen LogP contribution in [-0.2, 0) is 17.9 Å². The van der Waals surface area contributed by atoms with Crippen LogP contribution >= 0.6 is 0 Å². The summed E-state index contributed by atoms with van der Waals surface area (Å²) in [6, 6.07) is 0. The maximum atomic E-state index is 9.16. The summed E-state index contributed by atoms with van der Waals surface area (Å²) in [5.41, 5.74) is 0.199. The van der Waals surface area contributed by atoms with Gasteiger partial charge in [0.05, 0.1) is 18.2 Å². The molecule has 0 amide bonds. The molecular formula is C13H20N2O2. The van der Waals surface area contributed by atoms with Crippen LogP contribution in [0.25, 0.3) is 0 Å². The van der Waals surface area contributed by atoms with Gasteiger partial charge in [0.2, 0.25) is 0 Å². The Balaban J connectivity index is 1.64. The number of aromatic nitrogens is 2. The average Bonchev–Trinajstić information content (AvgIpc) is 3.03. The topological polar surface area (TPSA) is 47.3 Å². The van der Waals surface area contributed by atoms with Crippen molar-refractivity contribution in [2.24, 2.45) is 0 Å². The number of hydrogen-bond acceptors (Lipinski definition) is 3. The lowest BCUT2D eigenvalue weighted by molar-refractivity contribution is -0.0422. The quantitative estimate of drug-likeness (QED) is 0.871. The second kappa shape index (κ2) is 4.42. The largest absolute Gasteiger partial charge is 0.388 e. The molecule has 1 N–H and O–H groups in total. The van der Waals surface area contributed by atoms with Crippen molar-refractivity contribution < 1.29 is 9.84 Å². The second-order valence-corrected chi connectivity index (χ2v) is 5.32. The summed E-state index contributed by atoms with van der Waals surface area (Å²) in [6.45, 7) is 0.836. The van der Waals surface area contributed by atoms with Gasteiger partial charge in [0.1, 0.15) is 12.4 Å². The van der Waals surface area contributed by atoms with Gasteiger partial charge in [0.15, 0.2) is 0 Å². The molecule has 1 unspecified atom stereocenters. The molecule has 1 aliphatic heterocycles. The molecule has 0 radical (unpaired) electrons. The molecule has 2 aliphatic rings. The van der Waals surface area contributed by atoms with Crippen LogP contribution in [0.4, 0.5) is 0 Å². The lowest BCUT2D eigenvalue weighted by Gasteiger charge is -2.24. The van der Waals surface area contributed by atoms with Gasteiger partial charge >= 0.3 is 0 Å². The summed E-state index contributed by atoms with van der Waals surface area (Å²) in [5, 5.41) is 9.16. The van der Waals surface area contributed by atoms with E-state index in [4.69, 9.17) is 9.84 Å². The summed E-state index contributed by atoms with van der Waals surface area (Å²) in [7, 11) is 0. The molecule has 1 aromatic heterocycles. The zero-order valence-corrected chi connectivity index (χ0v) is 10.1. The summed E-state index contributed by atoms with van der Waals surface area (Å²) >= 11 is 0. The summed E-state index contributed by atoms with van der Waals surface area (Å²) in [6.07, 6.45) is 11.4. The summed E-state index contributed by atoms with van der Waals surface area (Å²) < 4.78 is 8.26. The zero-order chi connectivity index (χ0) is 11.7. The fourth-order valence-corrected chi connectivity index (χ4v) is 3.29. The van der Waals surface area contributed by atoms with Crippen molar-refractivity contribution in [3.05, 3.63) is 18.2 Å². The molecule has 1 aliphatic carbocycles. The van der Waals surface area contributed by atoms with Gasteiger partial charge < -0.3 is 14.4 Å². The van der Waals surface area contributed by atoms with Gasteiger partial charge in [-0.25, -0.2) is 4.98 Å². The average molecular weight is 236 g/mol. The third-order valence-electron chi connectivity index (χ3n) is 4.20. The van der Waals surface area contributed by atoms with E-state index >= 15 is 0 Å². The van der Waals surface area contributed by atoms with Gasteiger partial charge in [-0.15, -0.1) is 0 Å². The number of aliphatic hydroxyl groups is 1. The molecule has 17 heavy (non-hydrogen) atoms. The Hall–Kier alpha value is -0.870. The van der Waals surface area contributed by atoms with E-state index in [1.54, 1.807) is 6.20 Å². The van der Waals surface area contributed by atoms with Crippen molar-refractivity contribution in [1.29, 1.82) is 0 Å². The van der Waals surface area contributed by atoms with E-state index in [1.165, 1.54) is 32.1 Å². The van der Waals surface area contributed by atoms with Gasteiger partial charge in [-0.3, -0.25) is 0 Å². The zero-order valence-electron chi connectivity index (χ0n) is 10.1. The van der Waals surface area contributed by atoms with Crippen LogP contribution in [0.2, 0.25) is 0 Å². The third kappa shape index (κ3) is 2.11. The highest BCUT2D eigenvalue weighted by Crippen LogP contribution is 2.43. The molecule has 3 rings (SSSR count). The van der Waals surface area contributed by atoms with Crippen molar-refractivity contribution >= 4 is 0 Å². The molecule has 1 saturated carbocycles.